The Balaban J connectivity index is 1.69. The van der Waals surface area contributed by atoms with Gasteiger partial charge in [-0.1, -0.05) is 49.3 Å². The Morgan fingerprint density at radius 2 is 1.75 bits per heavy atom. The van der Waals surface area contributed by atoms with Gasteiger partial charge in [-0.25, -0.2) is 0 Å². The van der Waals surface area contributed by atoms with Crippen LogP contribution in [-0.4, -0.2) is 26.4 Å². The number of anilines is 1. The molecule has 0 radical (unpaired) electrons. The van der Waals surface area contributed by atoms with Gasteiger partial charge in [0.1, 0.15) is 5.75 Å². The molecule has 1 amide bonds. The van der Waals surface area contributed by atoms with Gasteiger partial charge >= 0.3 is 6.18 Å². The Hall–Kier alpha value is -2.72. The molecule has 11 heteroatoms. The van der Waals surface area contributed by atoms with Crippen LogP contribution in [-0.2, 0) is 11.0 Å². The molecule has 0 spiro atoms. The maximum atomic E-state index is 13.0. The smallest absolute Gasteiger partial charge is 0.416 e. The van der Waals surface area contributed by atoms with Crippen molar-refractivity contribution in [3.05, 3.63) is 64.4 Å². The van der Waals surface area contributed by atoms with E-state index >= 15 is 0 Å². The Morgan fingerprint density at radius 1 is 1.08 bits per heavy atom. The highest BCUT2D eigenvalue weighted by Gasteiger charge is 2.31. The van der Waals surface area contributed by atoms with Crippen LogP contribution in [0, 0.1) is 0 Å². The first-order chi connectivity index (χ1) is 16.9. The SMILES string of the molecule is CC(C)c1ccc(OC(C)c2nnc(SCC(=O)Nc3cc(C(F)(F)F)ccc3Cl)n2C(C)C)cc1. The van der Waals surface area contributed by atoms with Crippen molar-refractivity contribution < 1.29 is 22.7 Å². The molecule has 0 aliphatic heterocycles. The predicted molar refractivity (Wildman–Crippen MR) is 136 cm³/mol. The standard InChI is InChI=1S/C25H28ClF3N4O2S/c1-14(2)17-6-9-19(10-7-17)35-16(5)23-31-32-24(33(23)15(3)4)36-13-22(34)30-21-12-18(25(27,28)29)8-11-20(21)26/h6-12,14-16H,13H2,1-5H3,(H,30,34). The molecule has 0 aliphatic carbocycles. The van der Waals surface area contributed by atoms with E-state index in [1.807, 2.05) is 49.6 Å². The summed E-state index contributed by atoms with van der Waals surface area (Å²) in [6.07, 6.45) is -4.95. The van der Waals surface area contributed by atoms with Crippen molar-refractivity contribution in [3.8, 4) is 5.75 Å². The summed E-state index contributed by atoms with van der Waals surface area (Å²) in [5, 5.41) is 11.5. The zero-order chi connectivity index (χ0) is 26.6. The van der Waals surface area contributed by atoms with E-state index < -0.39 is 23.8 Å². The van der Waals surface area contributed by atoms with Crippen LogP contribution < -0.4 is 10.1 Å². The summed E-state index contributed by atoms with van der Waals surface area (Å²) in [5.74, 6) is 1.11. The third-order valence-electron chi connectivity index (χ3n) is 5.33. The van der Waals surface area contributed by atoms with Crippen LogP contribution in [0.3, 0.4) is 0 Å². The number of amides is 1. The van der Waals surface area contributed by atoms with E-state index in [9.17, 15) is 18.0 Å². The Morgan fingerprint density at radius 3 is 2.33 bits per heavy atom. The average molecular weight is 541 g/mol. The number of halogens is 4. The van der Waals surface area contributed by atoms with Gasteiger partial charge in [0.2, 0.25) is 5.91 Å². The number of carbonyl (C=O) groups is 1. The largest absolute Gasteiger partial charge is 0.483 e. The number of ether oxygens (including phenoxy) is 1. The van der Waals surface area contributed by atoms with E-state index in [2.05, 4.69) is 29.4 Å². The summed E-state index contributed by atoms with van der Waals surface area (Å²) in [5.41, 5.74) is 0.212. The lowest BCUT2D eigenvalue weighted by atomic mass is 10.0. The maximum absolute atomic E-state index is 13.0. The highest BCUT2D eigenvalue weighted by molar-refractivity contribution is 7.99. The van der Waals surface area contributed by atoms with Crippen LogP contribution in [0.2, 0.25) is 5.02 Å². The normalized spacial score (nSPS) is 12.8. The summed E-state index contributed by atoms with van der Waals surface area (Å²) < 4.78 is 46.9. The van der Waals surface area contributed by atoms with Crippen LogP contribution in [0.4, 0.5) is 18.9 Å². The van der Waals surface area contributed by atoms with Crippen LogP contribution in [0.1, 0.15) is 69.6 Å². The van der Waals surface area contributed by atoms with Crippen molar-refractivity contribution in [2.75, 3.05) is 11.1 Å². The van der Waals surface area contributed by atoms with Gasteiger partial charge in [0.25, 0.3) is 0 Å². The van der Waals surface area contributed by atoms with E-state index in [1.165, 1.54) is 5.56 Å². The van der Waals surface area contributed by atoms with Gasteiger partial charge in [-0.2, -0.15) is 13.2 Å². The molecule has 0 aliphatic rings. The minimum atomic E-state index is -4.54. The summed E-state index contributed by atoms with van der Waals surface area (Å²) in [6.45, 7) is 10.0. The number of aromatic nitrogens is 3. The van der Waals surface area contributed by atoms with Crippen molar-refractivity contribution in [3.63, 3.8) is 0 Å². The van der Waals surface area contributed by atoms with Crippen molar-refractivity contribution in [1.82, 2.24) is 14.8 Å². The number of carbonyl (C=O) groups excluding carboxylic acids is 1. The highest BCUT2D eigenvalue weighted by atomic mass is 35.5. The number of alkyl halides is 3. The van der Waals surface area contributed by atoms with Gasteiger partial charge in [0, 0.05) is 6.04 Å². The monoisotopic (exact) mass is 540 g/mol. The highest BCUT2D eigenvalue weighted by Crippen LogP contribution is 2.34. The van der Waals surface area contributed by atoms with Gasteiger partial charge in [-0.3, -0.25) is 4.79 Å². The molecule has 0 saturated heterocycles. The fourth-order valence-corrected chi connectivity index (χ4v) is 4.49. The van der Waals surface area contributed by atoms with E-state index in [4.69, 9.17) is 16.3 Å². The van der Waals surface area contributed by atoms with E-state index in [0.29, 0.717) is 22.6 Å². The van der Waals surface area contributed by atoms with E-state index in [1.54, 1.807) is 0 Å². The average Bonchev–Trinajstić information content (AvgIpc) is 3.23. The van der Waals surface area contributed by atoms with E-state index in [0.717, 1.165) is 30.0 Å². The minimum Gasteiger partial charge on any atom is -0.483 e. The van der Waals surface area contributed by atoms with E-state index in [-0.39, 0.29) is 22.5 Å². The molecular formula is C25H28ClF3N4O2S. The lowest BCUT2D eigenvalue weighted by Crippen LogP contribution is -2.17. The van der Waals surface area contributed by atoms with Crippen LogP contribution >= 0.6 is 23.4 Å². The molecule has 36 heavy (non-hydrogen) atoms. The molecule has 6 nitrogen and oxygen atoms in total. The molecule has 1 atom stereocenters. The molecule has 194 valence electrons. The fraction of sp³-hybridized carbons (Fsp3) is 0.400. The zero-order valence-electron chi connectivity index (χ0n) is 20.6. The minimum absolute atomic E-state index is 0.0152. The van der Waals surface area contributed by atoms with Gasteiger partial charge in [-0.05, 0) is 62.6 Å². The first-order valence-corrected chi connectivity index (χ1v) is 12.7. The molecule has 1 N–H and O–H groups in total. The molecule has 0 saturated carbocycles. The van der Waals surface area contributed by atoms with Gasteiger partial charge < -0.3 is 14.6 Å². The second-order valence-electron chi connectivity index (χ2n) is 8.82. The van der Waals surface area contributed by atoms with Crippen LogP contribution in [0.25, 0.3) is 0 Å². The Labute approximate surface area is 217 Å². The van der Waals surface area contributed by atoms with Crippen LogP contribution in [0.5, 0.6) is 5.75 Å². The number of nitrogens with one attached hydrogen (secondary N) is 1. The number of hydrogen-bond acceptors (Lipinski definition) is 5. The van der Waals surface area contributed by atoms with Crippen LogP contribution in [0.15, 0.2) is 47.6 Å². The summed E-state index contributed by atoms with van der Waals surface area (Å²) >= 11 is 7.10. The molecule has 3 aromatic rings. The van der Waals surface area contributed by atoms with Gasteiger partial charge in [-0.15, -0.1) is 10.2 Å². The quantitative estimate of drug-likeness (QED) is 0.284. The second-order valence-corrected chi connectivity index (χ2v) is 10.2. The van der Waals surface area contributed by atoms with Crippen molar-refractivity contribution in [2.24, 2.45) is 0 Å². The zero-order valence-corrected chi connectivity index (χ0v) is 22.1. The van der Waals surface area contributed by atoms with Crippen molar-refractivity contribution >= 4 is 35.0 Å². The third-order valence-corrected chi connectivity index (χ3v) is 6.60. The Kier molecular flexibility index (Phi) is 8.94. The molecule has 1 aromatic heterocycles. The third kappa shape index (κ3) is 6.94. The number of hydrogen-bond donors (Lipinski definition) is 1. The molecule has 1 heterocycles. The number of benzene rings is 2. The van der Waals surface area contributed by atoms with Gasteiger partial charge in [0.05, 0.1) is 22.0 Å². The maximum Gasteiger partial charge on any atom is 0.416 e. The molecule has 0 fully saturated rings. The molecule has 3 rings (SSSR count). The van der Waals surface area contributed by atoms with Crippen molar-refractivity contribution in [1.29, 1.82) is 0 Å². The second kappa shape index (κ2) is 11.6. The number of thioether (sulfide) groups is 1. The topological polar surface area (TPSA) is 69.0 Å². The summed E-state index contributed by atoms with van der Waals surface area (Å²) in [6, 6.07) is 10.6. The number of nitrogens with zero attached hydrogens (tertiary/aromatic N) is 3. The fourth-order valence-electron chi connectivity index (χ4n) is 3.45. The lowest BCUT2D eigenvalue weighted by Gasteiger charge is -2.19. The molecule has 2 aromatic carbocycles. The number of rotatable bonds is 9. The predicted octanol–water partition coefficient (Wildman–Crippen LogP) is 7.53. The molecule has 0 bridgehead atoms. The summed E-state index contributed by atoms with van der Waals surface area (Å²) in [4.78, 5) is 12.5. The Bertz CT molecular complexity index is 1200. The summed E-state index contributed by atoms with van der Waals surface area (Å²) in [7, 11) is 0. The lowest BCUT2D eigenvalue weighted by molar-refractivity contribution is -0.137. The molecular weight excluding hydrogens is 513 g/mol. The first-order valence-electron chi connectivity index (χ1n) is 11.4. The van der Waals surface area contributed by atoms with Gasteiger partial charge in [0.15, 0.2) is 17.1 Å². The molecule has 1 unspecified atom stereocenters. The van der Waals surface area contributed by atoms with Crippen molar-refractivity contribution in [2.45, 2.75) is 64.0 Å². The first kappa shape index (κ1) is 27.9.